The number of fused-ring (bicyclic) bond motifs is 1. The van der Waals surface area contributed by atoms with Gasteiger partial charge in [-0.2, -0.15) is 5.26 Å². The van der Waals surface area contributed by atoms with Crippen molar-refractivity contribution in [2.45, 2.75) is 45.1 Å². The molecule has 1 saturated heterocycles. The molecular weight excluding hydrogens is 386 g/mol. The van der Waals surface area contributed by atoms with Crippen LogP contribution in [0.1, 0.15) is 44.7 Å². The molecule has 0 radical (unpaired) electrons. The predicted octanol–water partition coefficient (Wildman–Crippen LogP) is 4.76. The van der Waals surface area contributed by atoms with Gasteiger partial charge in [-0.3, -0.25) is 4.79 Å². The number of aryl methyl sites for hydroxylation is 1. The normalized spacial score (nSPS) is 15.1. The number of benzene rings is 2. The Balaban J connectivity index is 1.50. The molecule has 1 aliphatic rings. The number of piperidine rings is 1. The van der Waals surface area contributed by atoms with Crippen molar-refractivity contribution in [1.82, 2.24) is 4.57 Å². The Kier molecular flexibility index (Phi) is 5.49. The molecule has 5 heteroatoms. The molecule has 0 spiro atoms. The van der Waals surface area contributed by atoms with Crippen LogP contribution in [-0.2, 0) is 12.5 Å². The third kappa shape index (κ3) is 4.29. The van der Waals surface area contributed by atoms with Crippen LogP contribution in [0.5, 0.6) is 5.75 Å². The molecule has 3 aromatic rings. The molecule has 4 rings (SSSR count). The monoisotopic (exact) mass is 415 g/mol. The molecule has 160 valence electrons. The van der Waals surface area contributed by atoms with Crippen molar-refractivity contribution < 1.29 is 4.74 Å². The molecule has 5 nitrogen and oxygen atoms in total. The van der Waals surface area contributed by atoms with Gasteiger partial charge in [0.05, 0.1) is 22.8 Å². The maximum Gasteiger partial charge on any atom is 0.252 e. The summed E-state index contributed by atoms with van der Waals surface area (Å²) in [5.41, 5.74) is 3.74. The molecule has 2 aromatic carbocycles. The number of hydrogen-bond acceptors (Lipinski definition) is 4. The van der Waals surface area contributed by atoms with Crippen LogP contribution in [0.15, 0.2) is 53.3 Å². The van der Waals surface area contributed by atoms with Gasteiger partial charge in [-0.15, -0.1) is 0 Å². The van der Waals surface area contributed by atoms with Gasteiger partial charge in [0.15, 0.2) is 0 Å². The van der Waals surface area contributed by atoms with E-state index in [-0.39, 0.29) is 17.1 Å². The fraction of sp³-hybridized carbons (Fsp3) is 0.385. The van der Waals surface area contributed by atoms with Crippen molar-refractivity contribution in [3.05, 3.63) is 70.0 Å². The smallest absolute Gasteiger partial charge is 0.252 e. The Morgan fingerprint density at radius 3 is 2.32 bits per heavy atom. The van der Waals surface area contributed by atoms with E-state index >= 15 is 0 Å². The van der Waals surface area contributed by atoms with Crippen molar-refractivity contribution in [3.63, 3.8) is 0 Å². The molecule has 0 unspecified atom stereocenters. The van der Waals surface area contributed by atoms with Crippen LogP contribution in [0.25, 0.3) is 10.9 Å². The Morgan fingerprint density at radius 1 is 1.03 bits per heavy atom. The zero-order chi connectivity index (χ0) is 22.2. The van der Waals surface area contributed by atoms with Gasteiger partial charge in [0.25, 0.3) is 5.56 Å². The van der Waals surface area contributed by atoms with Crippen LogP contribution in [0.2, 0.25) is 0 Å². The molecule has 0 saturated carbocycles. The average molecular weight is 416 g/mol. The van der Waals surface area contributed by atoms with E-state index in [1.807, 2.05) is 12.1 Å². The van der Waals surface area contributed by atoms with Gasteiger partial charge in [0.1, 0.15) is 11.9 Å². The second-order valence-corrected chi connectivity index (χ2v) is 9.35. The van der Waals surface area contributed by atoms with Gasteiger partial charge >= 0.3 is 0 Å². The molecular formula is C26H29N3O2. The summed E-state index contributed by atoms with van der Waals surface area (Å²) in [5, 5.41) is 10.3. The predicted molar refractivity (Wildman–Crippen MR) is 125 cm³/mol. The minimum atomic E-state index is -0.0375. The first-order valence-corrected chi connectivity index (χ1v) is 10.8. The highest BCUT2D eigenvalue weighted by molar-refractivity contribution is 5.93. The first-order valence-electron chi connectivity index (χ1n) is 10.8. The molecule has 31 heavy (non-hydrogen) atoms. The SMILES string of the molecule is Cn1c(=O)cc(N2CCC(Oc3ccc(C(C)(C)C)cc3)CC2)c2cc(C#N)ccc21. The summed E-state index contributed by atoms with van der Waals surface area (Å²) < 4.78 is 7.87. The molecule has 1 aliphatic heterocycles. The molecule has 0 atom stereocenters. The number of rotatable bonds is 3. The van der Waals surface area contributed by atoms with Crippen molar-refractivity contribution in [2.24, 2.45) is 7.05 Å². The molecule has 1 fully saturated rings. The average Bonchev–Trinajstić information content (AvgIpc) is 2.76. The van der Waals surface area contributed by atoms with Gasteiger partial charge in [0.2, 0.25) is 0 Å². The van der Waals surface area contributed by atoms with Gasteiger partial charge in [-0.25, -0.2) is 0 Å². The number of anilines is 1. The lowest BCUT2D eigenvalue weighted by Gasteiger charge is -2.34. The number of hydrogen-bond donors (Lipinski definition) is 0. The Labute approximate surface area is 183 Å². The minimum Gasteiger partial charge on any atom is -0.490 e. The van der Waals surface area contributed by atoms with Crippen LogP contribution in [0.3, 0.4) is 0 Å². The topological polar surface area (TPSA) is 58.3 Å². The molecule has 2 heterocycles. The summed E-state index contributed by atoms with van der Waals surface area (Å²) >= 11 is 0. The largest absolute Gasteiger partial charge is 0.490 e. The highest BCUT2D eigenvalue weighted by Crippen LogP contribution is 2.30. The van der Waals surface area contributed by atoms with Gasteiger partial charge in [-0.05, 0) is 41.3 Å². The number of pyridine rings is 1. The second-order valence-electron chi connectivity index (χ2n) is 9.35. The van der Waals surface area contributed by atoms with E-state index in [1.54, 1.807) is 23.7 Å². The van der Waals surface area contributed by atoms with Crippen molar-refractivity contribution >= 4 is 16.6 Å². The summed E-state index contributed by atoms with van der Waals surface area (Å²) in [6.07, 6.45) is 1.93. The zero-order valence-corrected chi connectivity index (χ0v) is 18.7. The third-order valence-corrected chi connectivity index (χ3v) is 6.16. The summed E-state index contributed by atoms with van der Waals surface area (Å²) in [6.45, 7) is 8.24. The van der Waals surface area contributed by atoms with E-state index < -0.39 is 0 Å². The van der Waals surface area contributed by atoms with E-state index in [0.29, 0.717) is 5.56 Å². The van der Waals surface area contributed by atoms with E-state index in [1.165, 1.54) is 5.56 Å². The van der Waals surface area contributed by atoms with E-state index in [0.717, 1.165) is 48.3 Å². The summed E-state index contributed by atoms with van der Waals surface area (Å²) in [4.78, 5) is 14.7. The zero-order valence-electron chi connectivity index (χ0n) is 18.7. The Morgan fingerprint density at radius 2 is 1.71 bits per heavy atom. The van der Waals surface area contributed by atoms with Gasteiger partial charge in [0, 0.05) is 44.4 Å². The highest BCUT2D eigenvalue weighted by Gasteiger charge is 2.23. The lowest BCUT2D eigenvalue weighted by Crippen LogP contribution is -2.39. The molecule has 0 bridgehead atoms. The number of ether oxygens (including phenoxy) is 1. The van der Waals surface area contributed by atoms with E-state index in [9.17, 15) is 10.1 Å². The van der Waals surface area contributed by atoms with Gasteiger partial charge in [-0.1, -0.05) is 32.9 Å². The van der Waals surface area contributed by atoms with Crippen molar-refractivity contribution in [2.75, 3.05) is 18.0 Å². The Hall–Kier alpha value is -3.26. The first kappa shape index (κ1) is 21.0. The second kappa shape index (κ2) is 8.11. The molecule has 1 aromatic heterocycles. The van der Waals surface area contributed by atoms with Gasteiger partial charge < -0.3 is 14.2 Å². The van der Waals surface area contributed by atoms with Crippen LogP contribution in [0, 0.1) is 11.3 Å². The number of nitrogens with zero attached hydrogens (tertiary/aromatic N) is 3. The minimum absolute atomic E-state index is 0.0375. The number of nitriles is 1. The maximum absolute atomic E-state index is 12.5. The van der Waals surface area contributed by atoms with Crippen molar-refractivity contribution in [3.8, 4) is 11.8 Å². The quantitative estimate of drug-likeness (QED) is 0.619. The highest BCUT2D eigenvalue weighted by atomic mass is 16.5. The number of aromatic nitrogens is 1. The van der Waals surface area contributed by atoms with Crippen LogP contribution in [0.4, 0.5) is 5.69 Å². The Bertz CT molecular complexity index is 1190. The van der Waals surface area contributed by atoms with E-state index in [2.05, 4.69) is 56.0 Å². The van der Waals surface area contributed by atoms with Crippen LogP contribution < -0.4 is 15.2 Å². The third-order valence-electron chi connectivity index (χ3n) is 6.16. The summed E-state index contributed by atoms with van der Waals surface area (Å²) in [7, 11) is 1.77. The lowest BCUT2D eigenvalue weighted by molar-refractivity contribution is 0.171. The fourth-order valence-corrected chi connectivity index (χ4v) is 4.22. The summed E-state index contributed by atoms with van der Waals surface area (Å²) in [6, 6.07) is 17.8. The first-order chi connectivity index (χ1) is 14.8. The maximum atomic E-state index is 12.5. The molecule has 0 N–H and O–H groups in total. The fourth-order valence-electron chi connectivity index (χ4n) is 4.22. The standard InChI is InChI=1S/C26H29N3O2/c1-26(2,3)19-6-8-20(9-7-19)31-21-11-13-29(14-12-21)24-16-25(30)28(4)23-10-5-18(17-27)15-22(23)24/h5-10,15-16,21H,11-14H2,1-4H3. The summed E-state index contributed by atoms with van der Waals surface area (Å²) in [5.74, 6) is 0.907. The van der Waals surface area contributed by atoms with Crippen LogP contribution >= 0.6 is 0 Å². The van der Waals surface area contributed by atoms with E-state index in [4.69, 9.17) is 4.74 Å². The molecule has 0 aliphatic carbocycles. The van der Waals surface area contributed by atoms with Crippen molar-refractivity contribution in [1.29, 1.82) is 5.26 Å². The molecule has 0 amide bonds. The lowest BCUT2D eigenvalue weighted by atomic mass is 9.87. The van der Waals surface area contributed by atoms with Crippen LogP contribution in [-0.4, -0.2) is 23.8 Å².